The van der Waals surface area contributed by atoms with Crippen LogP contribution in [-0.2, 0) is 10.0 Å². The molecule has 0 saturated carbocycles. The zero-order chi connectivity index (χ0) is 17.2. The van der Waals surface area contributed by atoms with E-state index in [4.69, 9.17) is 0 Å². The van der Waals surface area contributed by atoms with Crippen LogP contribution in [0.5, 0.6) is 0 Å². The maximum absolute atomic E-state index is 12.0. The summed E-state index contributed by atoms with van der Waals surface area (Å²) in [7, 11) is -1.44. The van der Waals surface area contributed by atoms with E-state index in [0.717, 1.165) is 37.6 Å². The molecule has 1 fully saturated rings. The van der Waals surface area contributed by atoms with Crippen molar-refractivity contribution in [2.45, 2.75) is 25.8 Å². The van der Waals surface area contributed by atoms with Gasteiger partial charge in [0.1, 0.15) is 5.82 Å². The van der Waals surface area contributed by atoms with Crippen molar-refractivity contribution in [1.82, 2.24) is 18.8 Å². The van der Waals surface area contributed by atoms with Gasteiger partial charge in [-0.25, -0.2) is 22.7 Å². The largest absolute Gasteiger partial charge is 0.355 e. The van der Waals surface area contributed by atoms with Crippen molar-refractivity contribution in [3.8, 4) is 5.82 Å². The second-order valence-electron chi connectivity index (χ2n) is 5.96. The number of anilines is 1. The normalized spacial score (nSPS) is 16.7. The fourth-order valence-electron chi connectivity index (χ4n) is 2.99. The van der Waals surface area contributed by atoms with Gasteiger partial charge in [0.15, 0.2) is 5.82 Å². The van der Waals surface area contributed by atoms with Gasteiger partial charge >= 0.3 is 0 Å². The van der Waals surface area contributed by atoms with Crippen molar-refractivity contribution >= 4 is 15.8 Å². The Balaban J connectivity index is 1.63. The summed E-state index contributed by atoms with van der Waals surface area (Å²) in [6, 6.07) is 3.96. The predicted molar refractivity (Wildman–Crippen MR) is 93.8 cm³/mol. The average molecular weight is 349 g/mol. The van der Waals surface area contributed by atoms with Gasteiger partial charge in [0.25, 0.3) is 0 Å². The Labute approximate surface area is 143 Å². The molecule has 7 nitrogen and oxygen atoms in total. The second-order valence-corrected chi connectivity index (χ2v) is 8.28. The molecule has 2 aromatic heterocycles. The fraction of sp³-hybridized carbons (Fsp3) is 0.500. The van der Waals surface area contributed by atoms with Gasteiger partial charge in [-0.15, -0.1) is 0 Å². The van der Waals surface area contributed by atoms with Gasteiger partial charge in [-0.2, -0.15) is 0 Å². The third-order valence-corrected chi connectivity index (χ3v) is 6.51. The Morgan fingerprint density at radius 2 is 1.71 bits per heavy atom. The van der Waals surface area contributed by atoms with Crippen LogP contribution in [0, 0.1) is 0 Å². The first-order chi connectivity index (χ1) is 11.5. The van der Waals surface area contributed by atoms with Gasteiger partial charge in [-0.05, 0) is 31.9 Å². The number of hydrogen-bond acceptors (Lipinski definition) is 5. The Morgan fingerprint density at radius 1 is 1.12 bits per heavy atom. The van der Waals surface area contributed by atoms with E-state index in [1.807, 2.05) is 29.1 Å². The Kier molecular flexibility index (Phi) is 4.86. The number of aromatic nitrogens is 3. The van der Waals surface area contributed by atoms with E-state index in [9.17, 15) is 8.42 Å². The van der Waals surface area contributed by atoms with E-state index in [1.54, 1.807) is 26.4 Å². The molecule has 0 unspecified atom stereocenters. The van der Waals surface area contributed by atoms with Crippen LogP contribution in [-0.4, -0.2) is 59.2 Å². The SMILES string of the molecule is CCS(=O)(=O)N(C)C1CCN(c2cnc(-n3cccc3)cn2)CC1. The molecule has 130 valence electrons. The molecule has 2 aromatic rings. The van der Waals surface area contributed by atoms with Crippen LogP contribution >= 0.6 is 0 Å². The molecule has 8 heteroatoms. The number of hydrogen-bond donors (Lipinski definition) is 0. The standard InChI is InChI=1S/C16H23N5O2S/c1-3-24(22,23)19(2)14-6-10-21(11-7-14)16-13-17-15(12-18-16)20-8-4-5-9-20/h4-5,8-9,12-14H,3,6-7,10-11H2,1-2H3. The molecule has 0 N–H and O–H groups in total. The molecule has 0 radical (unpaired) electrons. The highest BCUT2D eigenvalue weighted by Crippen LogP contribution is 2.22. The lowest BCUT2D eigenvalue weighted by Gasteiger charge is -2.36. The maximum atomic E-state index is 12.0. The summed E-state index contributed by atoms with van der Waals surface area (Å²) >= 11 is 0. The van der Waals surface area contributed by atoms with Gasteiger partial charge in [0.05, 0.1) is 18.1 Å². The van der Waals surface area contributed by atoms with Crippen molar-refractivity contribution in [2.24, 2.45) is 0 Å². The van der Waals surface area contributed by atoms with Crippen LogP contribution in [0.2, 0.25) is 0 Å². The molecule has 0 spiro atoms. The number of sulfonamides is 1. The molecule has 1 saturated heterocycles. The molecule has 0 atom stereocenters. The third-order valence-electron chi connectivity index (χ3n) is 4.60. The lowest BCUT2D eigenvalue weighted by atomic mass is 10.1. The van der Waals surface area contributed by atoms with Crippen molar-refractivity contribution in [3.63, 3.8) is 0 Å². The minimum atomic E-state index is -3.13. The molecule has 1 aliphatic rings. The summed E-state index contributed by atoms with van der Waals surface area (Å²) in [5, 5.41) is 0. The summed E-state index contributed by atoms with van der Waals surface area (Å²) in [6.07, 6.45) is 9.00. The number of piperidine rings is 1. The first-order valence-electron chi connectivity index (χ1n) is 8.17. The summed E-state index contributed by atoms with van der Waals surface area (Å²) < 4.78 is 27.4. The van der Waals surface area contributed by atoms with Gasteiger partial charge in [0.2, 0.25) is 10.0 Å². The predicted octanol–water partition coefficient (Wildman–Crippen LogP) is 1.52. The van der Waals surface area contributed by atoms with Crippen LogP contribution < -0.4 is 4.90 Å². The van der Waals surface area contributed by atoms with Crippen LogP contribution in [0.25, 0.3) is 5.82 Å². The lowest BCUT2D eigenvalue weighted by Crippen LogP contribution is -2.46. The zero-order valence-corrected chi connectivity index (χ0v) is 14.9. The van der Waals surface area contributed by atoms with Gasteiger partial charge < -0.3 is 9.47 Å². The molecular formula is C16H23N5O2S. The van der Waals surface area contributed by atoms with E-state index in [0.29, 0.717) is 0 Å². The van der Waals surface area contributed by atoms with Crippen LogP contribution in [0.3, 0.4) is 0 Å². The molecule has 0 aliphatic carbocycles. The molecular weight excluding hydrogens is 326 g/mol. The van der Waals surface area contributed by atoms with Gasteiger partial charge in [-0.1, -0.05) is 0 Å². The van der Waals surface area contributed by atoms with Gasteiger partial charge in [-0.3, -0.25) is 0 Å². The van der Waals surface area contributed by atoms with Crippen molar-refractivity contribution in [1.29, 1.82) is 0 Å². The molecule has 0 bridgehead atoms. The summed E-state index contributed by atoms with van der Waals surface area (Å²) in [6.45, 7) is 3.25. The molecule has 0 aromatic carbocycles. The lowest BCUT2D eigenvalue weighted by molar-refractivity contribution is 0.312. The van der Waals surface area contributed by atoms with Crippen LogP contribution in [0.15, 0.2) is 36.9 Å². The minimum absolute atomic E-state index is 0.0679. The van der Waals surface area contributed by atoms with Crippen LogP contribution in [0.1, 0.15) is 19.8 Å². The summed E-state index contributed by atoms with van der Waals surface area (Å²) in [5.74, 6) is 1.77. The average Bonchev–Trinajstić information content (AvgIpc) is 3.16. The second kappa shape index (κ2) is 6.90. The van der Waals surface area contributed by atoms with E-state index >= 15 is 0 Å². The Morgan fingerprint density at radius 3 is 2.25 bits per heavy atom. The smallest absolute Gasteiger partial charge is 0.213 e. The van der Waals surface area contributed by atoms with Crippen LogP contribution in [0.4, 0.5) is 5.82 Å². The van der Waals surface area contributed by atoms with E-state index in [1.165, 1.54) is 4.31 Å². The monoisotopic (exact) mass is 349 g/mol. The quantitative estimate of drug-likeness (QED) is 0.818. The zero-order valence-electron chi connectivity index (χ0n) is 14.0. The van der Waals surface area contributed by atoms with E-state index < -0.39 is 10.0 Å². The molecule has 3 heterocycles. The molecule has 0 amide bonds. The van der Waals surface area contributed by atoms with E-state index in [2.05, 4.69) is 14.9 Å². The van der Waals surface area contributed by atoms with Crippen molar-refractivity contribution < 1.29 is 8.42 Å². The highest BCUT2D eigenvalue weighted by Gasteiger charge is 2.29. The minimum Gasteiger partial charge on any atom is -0.355 e. The number of rotatable bonds is 5. The third kappa shape index (κ3) is 3.44. The van der Waals surface area contributed by atoms with Crippen molar-refractivity contribution in [3.05, 3.63) is 36.9 Å². The molecule has 1 aliphatic heterocycles. The van der Waals surface area contributed by atoms with E-state index in [-0.39, 0.29) is 11.8 Å². The van der Waals surface area contributed by atoms with Crippen molar-refractivity contribution in [2.75, 3.05) is 30.8 Å². The van der Waals surface area contributed by atoms with Gasteiger partial charge in [0, 0.05) is 38.6 Å². The Hall–Kier alpha value is -1.93. The number of nitrogens with zero attached hydrogens (tertiary/aromatic N) is 5. The Bertz CT molecular complexity index is 750. The first kappa shape index (κ1) is 16.9. The topological polar surface area (TPSA) is 71.3 Å². The maximum Gasteiger partial charge on any atom is 0.213 e. The summed E-state index contributed by atoms with van der Waals surface area (Å²) in [4.78, 5) is 11.1. The fourth-order valence-corrected chi connectivity index (χ4v) is 4.06. The highest BCUT2D eigenvalue weighted by atomic mass is 32.2. The molecule has 3 rings (SSSR count). The molecule has 24 heavy (non-hydrogen) atoms. The highest BCUT2D eigenvalue weighted by molar-refractivity contribution is 7.89. The summed E-state index contributed by atoms with van der Waals surface area (Å²) in [5.41, 5.74) is 0. The first-order valence-corrected chi connectivity index (χ1v) is 9.78.